The molecule has 0 spiro atoms. The number of nitro benzene ring substituents is 1. The molecule has 0 fully saturated rings. The van der Waals surface area contributed by atoms with Crippen molar-refractivity contribution in [1.82, 2.24) is 0 Å². The first-order valence-electron chi connectivity index (χ1n) is 4.99. The quantitative estimate of drug-likeness (QED) is 0.615. The summed E-state index contributed by atoms with van der Waals surface area (Å²) in [6.45, 7) is 2.39. The molecule has 1 atom stereocenters. The van der Waals surface area contributed by atoms with Gasteiger partial charge in [-0.05, 0) is 18.6 Å². The molecule has 0 aromatic heterocycles. The molecule has 1 aromatic carbocycles. The van der Waals surface area contributed by atoms with Gasteiger partial charge in [0.15, 0.2) is 0 Å². The first-order valence-corrected chi connectivity index (χ1v) is 5.36. The van der Waals surface area contributed by atoms with E-state index < -0.39 is 4.92 Å². The van der Waals surface area contributed by atoms with E-state index in [1.165, 1.54) is 6.07 Å². The lowest BCUT2D eigenvalue weighted by atomic mass is 10.2. The molecule has 0 amide bonds. The van der Waals surface area contributed by atoms with Crippen molar-refractivity contribution in [3.63, 3.8) is 0 Å². The molecule has 0 aliphatic rings. The van der Waals surface area contributed by atoms with Crippen molar-refractivity contribution in [2.75, 3.05) is 11.9 Å². The molecule has 0 radical (unpaired) electrons. The van der Waals surface area contributed by atoms with Crippen molar-refractivity contribution in [3.05, 3.63) is 33.3 Å². The molecule has 16 heavy (non-hydrogen) atoms. The number of nitrogens with two attached hydrogens (primary N) is 1. The Bertz CT molecular complexity index is 380. The van der Waals surface area contributed by atoms with Crippen LogP contribution in [0.1, 0.15) is 13.3 Å². The SMILES string of the molecule is CCC(CN)Nc1ccc(Cl)cc1[N+](=O)[O-]. The second kappa shape index (κ2) is 5.67. The van der Waals surface area contributed by atoms with Crippen LogP contribution in [0.15, 0.2) is 18.2 Å². The molecule has 0 aliphatic heterocycles. The number of hydrogen-bond acceptors (Lipinski definition) is 4. The summed E-state index contributed by atoms with van der Waals surface area (Å²) in [6.07, 6.45) is 0.802. The first kappa shape index (κ1) is 12.7. The molecule has 5 nitrogen and oxygen atoms in total. The topological polar surface area (TPSA) is 81.2 Å². The summed E-state index contributed by atoms with van der Waals surface area (Å²) in [5, 5.41) is 14.2. The molecular formula is C10H14ClN3O2. The minimum Gasteiger partial charge on any atom is -0.375 e. The van der Waals surface area contributed by atoms with E-state index in [1.54, 1.807) is 12.1 Å². The fourth-order valence-corrected chi connectivity index (χ4v) is 1.49. The molecule has 0 heterocycles. The summed E-state index contributed by atoms with van der Waals surface area (Å²) in [7, 11) is 0. The van der Waals surface area contributed by atoms with E-state index in [0.717, 1.165) is 6.42 Å². The third-order valence-electron chi connectivity index (χ3n) is 2.29. The fourth-order valence-electron chi connectivity index (χ4n) is 1.33. The molecule has 0 aliphatic carbocycles. The van der Waals surface area contributed by atoms with E-state index in [2.05, 4.69) is 5.32 Å². The Morgan fingerprint density at radius 2 is 2.31 bits per heavy atom. The number of benzene rings is 1. The molecule has 3 N–H and O–H groups in total. The molecule has 1 aromatic rings. The van der Waals surface area contributed by atoms with Crippen molar-refractivity contribution in [1.29, 1.82) is 0 Å². The van der Waals surface area contributed by atoms with Crippen LogP contribution in [0.4, 0.5) is 11.4 Å². The molecule has 0 bridgehead atoms. The van der Waals surface area contributed by atoms with Gasteiger partial charge in [0.1, 0.15) is 5.69 Å². The van der Waals surface area contributed by atoms with Gasteiger partial charge in [0, 0.05) is 23.7 Å². The van der Waals surface area contributed by atoms with Crippen LogP contribution in [0.3, 0.4) is 0 Å². The average Bonchev–Trinajstić information content (AvgIpc) is 2.27. The first-order chi connectivity index (χ1) is 7.58. The van der Waals surface area contributed by atoms with Gasteiger partial charge in [-0.1, -0.05) is 18.5 Å². The maximum Gasteiger partial charge on any atom is 0.293 e. The van der Waals surface area contributed by atoms with Crippen molar-refractivity contribution in [2.24, 2.45) is 5.73 Å². The highest BCUT2D eigenvalue weighted by Gasteiger charge is 2.16. The van der Waals surface area contributed by atoms with Gasteiger partial charge in [0.25, 0.3) is 5.69 Å². The summed E-state index contributed by atoms with van der Waals surface area (Å²) >= 11 is 5.71. The number of nitrogens with zero attached hydrogens (tertiary/aromatic N) is 1. The Balaban J connectivity index is 2.98. The van der Waals surface area contributed by atoms with Crippen LogP contribution in [-0.2, 0) is 0 Å². The zero-order valence-corrected chi connectivity index (χ0v) is 9.70. The summed E-state index contributed by atoms with van der Waals surface area (Å²) in [6, 6.07) is 4.56. The molecule has 0 saturated carbocycles. The Labute approximate surface area is 98.7 Å². The summed E-state index contributed by atoms with van der Waals surface area (Å²) in [4.78, 5) is 10.3. The van der Waals surface area contributed by atoms with Gasteiger partial charge in [0.05, 0.1) is 4.92 Å². The largest absolute Gasteiger partial charge is 0.375 e. The number of anilines is 1. The van der Waals surface area contributed by atoms with Crippen molar-refractivity contribution in [2.45, 2.75) is 19.4 Å². The summed E-state index contributed by atoms with van der Waals surface area (Å²) in [5.41, 5.74) is 5.95. The standard InChI is InChI=1S/C10H14ClN3O2/c1-2-8(6-12)13-9-4-3-7(11)5-10(9)14(15)16/h3-5,8,13H,2,6,12H2,1H3. The highest BCUT2D eigenvalue weighted by molar-refractivity contribution is 6.30. The van der Waals surface area contributed by atoms with E-state index in [4.69, 9.17) is 17.3 Å². The second-order valence-corrected chi connectivity index (χ2v) is 3.84. The van der Waals surface area contributed by atoms with Gasteiger partial charge in [0.2, 0.25) is 0 Å². The highest BCUT2D eigenvalue weighted by Crippen LogP contribution is 2.28. The summed E-state index contributed by atoms with van der Waals surface area (Å²) < 4.78 is 0. The Morgan fingerprint density at radius 1 is 1.62 bits per heavy atom. The molecule has 1 unspecified atom stereocenters. The Kier molecular flexibility index (Phi) is 4.52. The minimum absolute atomic E-state index is 0.0277. The number of rotatable bonds is 5. The number of nitrogens with one attached hydrogen (secondary N) is 1. The third kappa shape index (κ3) is 3.08. The van der Waals surface area contributed by atoms with Gasteiger partial charge in [-0.15, -0.1) is 0 Å². The molecule has 88 valence electrons. The van der Waals surface area contributed by atoms with Crippen molar-refractivity contribution >= 4 is 23.0 Å². The smallest absolute Gasteiger partial charge is 0.293 e. The van der Waals surface area contributed by atoms with Crippen molar-refractivity contribution in [3.8, 4) is 0 Å². The monoisotopic (exact) mass is 243 g/mol. The lowest BCUT2D eigenvalue weighted by Gasteiger charge is -2.15. The van der Waals surface area contributed by atoms with Gasteiger partial charge >= 0.3 is 0 Å². The zero-order chi connectivity index (χ0) is 12.1. The summed E-state index contributed by atoms with van der Waals surface area (Å²) in [5.74, 6) is 0. The van der Waals surface area contributed by atoms with Crippen LogP contribution in [0.25, 0.3) is 0 Å². The highest BCUT2D eigenvalue weighted by atomic mass is 35.5. The van der Waals surface area contributed by atoms with E-state index in [1.807, 2.05) is 6.92 Å². The average molecular weight is 244 g/mol. The van der Waals surface area contributed by atoms with Crippen LogP contribution in [0.5, 0.6) is 0 Å². The lowest BCUT2D eigenvalue weighted by molar-refractivity contribution is -0.384. The maximum atomic E-state index is 10.8. The lowest BCUT2D eigenvalue weighted by Crippen LogP contribution is -2.28. The normalized spacial score (nSPS) is 12.2. The van der Waals surface area contributed by atoms with Crippen LogP contribution >= 0.6 is 11.6 Å². The van der Waals surface area contributed by atoms with Gasteiger partial charge in [-0.2, -0.15) is 0 Å². The van der Waals surface area contributed by atoms with Crippen LogP contribution in [0, 0.1) is 10.1 Å². The van der Waals surface area contributed by atoms with E-state index in [-0.39, 0.29) is 11.7 Å². The van der Waals surface area contributed by atoms with E-state index in [0.29, 0.717) is 17.3 Å². The fraction of sp³-hybridized carbons (Fsp3) is 0.400. The van der Waals surface area contributed by atoms with Gasteiger partial charge < -0.3 is 11.1 Å². The number of nitro groups is 1. The molecule has 1 rings (SSSR count). The predicted molar refractivity (Wildman–Crippen MR) is 64.9 cm³/mol. The van der Waals surface area contributed by atoms with E-state index in [9.17, 15) is 10.1 Å². The minimum atomic E-state index is -0.461. The molecular weight excluding hydrogens is 230 g/mol. The Morgan fingerprint density at radius 3 is 2.81 bits per heavy atom. The predicted octanol–water partition coefficient (Wildman–Crippen LogP) is 2.40. The van der Waals surface area contributed by atoms with E-state index >= 15 is 0 Å². The number of hydrogen-bond donors (Lipinski definition) is 2. The van der Waals surface area contributed by atoms with Crippen LogP contribution < -0.4 is 11.1 Å². The van der Waals surface area contributed by atoms with Crippen molar-refractivity contribution < 1.29 is 4.92 Å². The molecule has 0 saturated heterocycles. The van der Waals surface area contributed by atoms with Crippen LogP contribution in [0.2, 0.25) is 5.02 Å². The second-order valence-electron chi connectivity index (χ2n) is 3.40. The maximum absolute atomic E-state index is 10.8. The van der Waals surface area contributed by atoms with Crippen LogP contribution in [-0.4, -0.2) is 17.5 Å². The van der Waals surface area contributed by atoms with Gasteiger partial charge in [-0.25, -0.2) is 0 Å². The number of halogens is 1. The third-order valence-corrected chi connectivity index (χ3v) is 2.53. The zero-order valence-electron chi connectivity index (χ0n) is 8.94. The Hall–Kier alpha value is -1.33. The van der Waals surface area contributed by atoms with Gasteiger partial charge in [-0.3, -0.25) is 10.1 Å². The molecule has 6 heteroatoms.